The molecule has 0 radical (unpaired) electrons. The molecule has 0 spiro atoms. The van der Waals surface area contributed by atoms with Crippen molar-refractivity contribution in [3.63, 3.8) is 0 Å². The molecule has 0 saturated carbocycles. The van der Waals surface area contributed by atoms with E-state index in [0.29, 0.717) is 13.0 Å². The topological polar surface area (TPSA) is 105 Å². The second kappa shape index (κ2) is 12.0. The Labute approximate surface area is 227 Å². The molecule has 0 aromatic heterocycles. The fourth-order valence-corrected chi connectivity index (χ4v) is 5.67. The predicted octanol–water partition coefficient (Wildman–Crippen LogP) is 5.56. The van der Waals surface area contributed by atoms with Crippen LogP contribution in [-0.2, 0) is 20.9 Å². The molecule has 1 saturated heterocycles. The number of piperidine rings is 1. The molecule has 2 N–H and O–H groups in total. The van der Waals surface area contributed by atoms with E-state index in [4.69, 9.17) is 9.47 Å². The van der Waals surface area contributed by atoms with Gasteiger partial charge in [0.25, 0.3) is 0 Å². The van der Waals surface area contributed by atoms with Crippen molar-refractivity contribution in [1.82, 2.24) is 10.2 Å². The van der Waals surface area contributed by atoms with E-state index in [1.54, 1.807) is 4.90 Å². The lowest BCUT2D eigenvalue weighted by Crippen LogP contribution is -2.56. The summed E-state index contributed by atoms with van der Waals surface area (Å²) >= 11 is 0. The minimum absolute atomic E-state index is 0.111. The van der Waals surface area contributed by atoms with Crippen molar-refractivity contribution in [2.24, 2.45) is 0 Å². The van der Waals surface area contributed by atoms with E-state index in [9.17, 15) is 19.5 Å². The molecular formula is C31H32N2O6. The van der Waals surface area contributed by atoms with Crippen LogP contribution in [0.3, 0.4) is 0 Å². The number of alkyl carbamates (subject to hydrolysis) is 1. The quantitative estimate of drug-likeness (QED) is 0.397. The van der Waals surface area contributed by atoms with Crippen LogP contribution in [0, 0.1) is 0 Å². The Hall–Kier alpha value is -4.33. The monoisotopic (exact) mass is 528 g/mol. The lowest BCUT2D eigenvalue weighted by atomic mass is 9.94. The van der Waals surface area contributed by atoms with E-state index >= 15 is 0 Å². The van der Waals surface area contributed by atoms with Crippen molar-refractivity contribution in [3.8, 4) is 11.1 Å². The molecule has 2 atom stereocenters. The fraction of sp³-hybridized carbons (Fsp3) is 0.323. The Bertz CT molecular complexity index is 1280. The molecule has 1 heterocycles. The summed E-state index contributed by atoms with van der Waals surface area (Å²) < 4.78 is 11.2. The summed E-state index contributed by atoms with van der Waals surface area (Å²) in [7, 11) is 0. The molecule has 2 amide bonds. The number of benzene rings is 3. The summed E-state index contributed by atoms with van der Waals surface area (Å²) in [5.41, 5.74) is 5.29. The third-order valence-corrected chi connectivity index (χ3v) is 7.49. The lowest BCUT2D eigenvalue weighted by molar-refractivity contribution is -0.138. The summed E-state index contributed by atoms with van der Waals surface area (Å²) in [5.74, 6) is -1.18. The number of hydrogen-bond acceptors (Lipinski definition) is 5. The standard InChI is InChI=1S/C31H32N2O6/c34-29(35)18-27(28-16-8-9-17-33(28)31(37)39-19-21-10-2-1-3-11-21)32-30(36)38-20-26-24-14-6-4-12-22(24)23-13-5-7-15-25(23)26/h1-7,10-15,26-28H,8-9,16-20H2,(H,32,36)(H,34,35)/t27-,28-/m1/s1. The number of hydrogen-bond donors (Lipinski definition) is 2. The summed E-state index contributed by atoms with van der Waals surface area (Å²) in [6, 6.07) is 24.1. The number of carbonyl (C=O) groups is 3. The van der Waals surface area contributed by atoms with Gasteiger partial charge in [0.05, 0.1) is 18.5 Å². The van der Waals surface area contributed by atoms with Gasteiger partial charge in [-0.3, -0.25) is 4.79 Å². The van der Waals surface area contributed by atoms with Gasteiger partial charge in [-0.25, -0.2) is 9.59 Å². The smallest absolute Gasteiger partial charge is 0.410 e. The number of aliphatic carboxylic acids is 1. The van der Waals surface area contributed by atoms with Gasteiger partial charge >= 0.3 is 18.2 Å². The molecule has 5 rings (SSSR count). The summed E-state index contributed by atoms with van der Waals surface area (Å²) in [4.78, 5) is 39.3. The first-order valence-corrected chi connectivity index (χ1v) is 13.3. The Morgan fingerprint density at radius 1 is 0.872 bits per heavy atom. The molecule has 202 valence electrons. The van der Waals surface area contributed by atoms with E-state index in [0.717, 1.165) is 40.7 Å². The van der Waals surface area contributed by atoms with Gasteiger partial charge in [0.15, 0.2) is 0 Å². The Balaban J connectivity index is 1.25. The van der Waals surface area contributed by atoms with E-state index in [1.165, 1.54) is 0 Å². The minimum Gasteiger partial charge on any atom is -0.481 e. The maximum Gasteiger partial charge on any atom is 0.410 e. The molecule has 0 unspecified atom stereocenters. The van der Waals surface area contributed by atoms with Gasteiger partial charge < -0.3 is 24.8 Å². The second-order valence-corrected chi connectivity index (χ2v) is 9.97. The van der Waals surface area contributed by atoms with Crippen molar-refractivity contribution in [3.05, 3.63) is 95.6 Å². The molecule has 1 aliphatic carbocycles. The van der Waals surface area contributed by atoms with Crippen LogP contribution in [-0.4, -0.2) is 53.4 Å². The molecule has 39 heavy (non-hydrogen) atoms. The largest absolute Gasteiger partial charge is 0.481 e. The highest BCUT2D eigenvalue weighted by Crippen LogP contribution is 2.44. The first-order chi connectivity index (χ1) is 19.0. The van der Waals surface area contributed by atoms with E-state index in [-0.39, 0.29) is 25.6 Å². The Kier molecular flexibility index (Phi) is 8.10. The zero-order chi connectivity index (χ0) is 27.2. The van der Waals surface area contributed by atoms with Gasteiger partial charge in [-0.1, -0.05) is 78.9 Å². The Morgan fingerprint density at radius 3 is 2.18 bits per heavy atom. The molecular weight excluding hydrogens is 496 g/mol. The average molecular weight is 529 g/mol. The third-order valence-electron chi connectivity index (χ3n) is 7.49. The molecule has 3 aromatic rings. The zero-order valence-corrected chi connectivity index (χ0v) is 21.6. The second-order valence-electron chi connectivity index (χ2n) is 9.97. The number of carboxylic acid groups (broad SMARTS) is 1. The van der Waals surface area contributed by atoms with Gasteiger partial charge in [-0.2, -0.15) is 0 Å². The summed E-state index contributed by atoms with van der Waals surface area (Å²) in [6.45, 7) is 0.667. The van der Waals surface area contributed by atoms with Crippen LogP contribution in [0.5, 0.6) is 0 Å². The van der Waals surface area contributed by atoms with Gasteiger partial charge in [0.2, 0.25) is 0 Å². The van der Waals surface area contributed by atoms with Crippen LogP contribution in [0.25, 0.3) is 11.1 Å². The summed E-state index contributed by atoms with van der Waals surface area (Å²) in [6.07, 6.45) is 0.594. The molecule has 3 aromatic carbocycles. The number of amides is 2. The number of fused-ring (bicyclic) bond motifs is 3. The van der Waals surface area contributed by atoms with Crippen molar-refractivity contribution in [2.45, 2.75) is 50.3 Å². The van der Waals surface area contributed by atoms with Crippen LogP contribution < -0.4 is 5.32 Å². The number of rotatable bonds is 8. The van der Waals surface area contributed by atoms with Crippen LogP contribution in [0.1, 0.15) is 48.3 Å². The van der Waals surface area contributed by atoms with Crippen LogP contribution in [0.2, 0.25) is 0 Å². The molecule has 1 aliphatic heterocycles. The molecule has 1 fully saturated rings. The van der Waals surface area contributed by atoms with Crippen LogP contribution in [0.4, 0.5) is 9.59 Å². The van der Waals surface area contributed by atoms with Gasteiger partial charge in [0, 0.05) is 12.5 Å². The highest BCUT2D eigenvalue weighted by Gasteiger charge is 2.37. The van der Waals surface area contributed by atoms with Crippen molar-refractivity contribution >= 4 is 18.2 Å². The maximum absolute atomic E-state index is 13.0. The highest BCUT2D eigenvalue weighted by molar-refractivity contribution is 5.79. The van der Waals surface area contributed by atoms with Crippen molar-refractivity contribution < 1.29 is 29.0 Å². The zero-order valence-electron chi connectivity index (χ0n) is 21.6. The predicted molar refractivity (Wildman–Crippen MR) is 145 cm³/mol. The molecule has 8 nitrogen and oxygen atoms in total. The first-order valence-electron chi connectivity index (χ1n) is 13.3. The molecule has 0 bridgehead atoms. The third kappa shape index (κ3) is 6.06. The normalized spacial score (nSPS) is 17.0. The average Bonchev–Trinajstić information content (AvgIpc) is 3.28. The van der Waals surface area contributed by atoms with E-state index in [1.807, 2.05) is 66.7 Å². The van der Waals surface area contributed by atoms with Gasteiger partial charge in [-0.05, 0) is 47.1 Å². The number of nitrogens with one attached hydrogen (secondary N) is 1. The maximum atomic E-state index is 13.0. The number of likely N-dealkylation sites (tertiary alicyclic amines) is 1. The summed E-state index contributed by atoms with van der Waals surface area (Å²) in [5, 5.41) is 12.4. The Morgan fingerprint density at radius 2 is 1.51 bits per heavy atom. The fourth-order valence-electron chi connectivity index (χ4n) is 5.67. The van der Waals surface area contributed by atoms with Crippen LogP contribution in [0.15, 0.2) is 78.9 Å². The molecule has 8 heteroatoms. The van der Waals surface area contributed by atoms with E-state index < -0.39 is 30.2 Å². The number of nitrogens with zero attached hydrogens (tertiary/aromatic N) is 1. The SMILES string of the molecule is O=C(O)C[C@@H](NC(=O)OCC1c2ccccc2-c2ccccc21)[C@H]1CCCCN1C(=O)OCc1ccccc1. The van der Waals surface area contributed by atoms with E-state index in [2.05, 4.69) is 17.4 Å². The minimum atomic E-state index is -1.07. The lowest BCUT2D eigenvalue weighted by Gasteiger charge is -2.39. The van der Waals surface area contributed by atoms with Crippen molar-refractivity contribution in [2.75, 3.05) is 13.2 Å². The first kappa shape index (κ1) is 26.3. The number of carbonyl (C=O) groups excluding carboxylic acids is 2. The number of ether oxygens (including phenoxy) is 2. The molecule has 2 aliphatic rings. The van der Waals surface area contributed by atoms with Gasteiger partial charge in [-0.15, -0.1) is 0 Å². The highest BCUT2D eigenvalue weighted by atomic mass is 16.6. The van der Waals surface area contributed by atoms with Crippen LogP contribution >= 0.6 is 0 Å². The van der Waals surface area contributed by atoms with Gasteiger partial charge in [0.1, 0.15) is 13.2 Å². The van der Waals surface area contributed by atoms with Crippen molar-refractivity contribution in [1.29, 1.82) is 0 Å². The number of carboxylic acids is 1.